The van der Waals surface area contributed by atoms with Gasteiger partial charge in [0.1, 0.15) is 0 Å². The first-order chi connectivity index (χ1) is 8.86. The van der Waals surface area contributed by atoms with Crippen molar-refractivity contribution < 1.29 is 9.59 Å². The van der Waals surface area contributed by atoms with Crippen LogP contribution in [0.25, 0.3) is 0 Å². The van der Waals surface area contributed by atoms with Crippen LogP contribution in [0.1, 0.15) is 23.0 Å². The molecule has 0 saturated carbocycles. The minimum atomic E-state index is -0.227. The Morgan fingerprint density at radius 1 is 1.37 bits per heavy atom. The Labute approximate surface area is 113 Å². The number of nitrogens with two attached hydrogens (primary N) is 1. The van der Waals surface area contributed by atoms with E-state index in [2.05, 4.69) is 4.98 Å². The number of likely N-dealkylation sites (N-methyl/N-ethyl adjacent to an activating group) is 2. The zero-order valence-corrected chi connectivity index (χ0v) is 11.8. The molecule has 104 valence electrons. The third-order valence-corrected chi connectivity index (χ3v) is 2.83. The van der Waals surface area contributed by atoms with E-state index in [4.69, 9.17) is 5.73 Å². The van der Waals surface area contributed by atoms with E-state index in [1.165, 1.54) is 16.0 Å². The molecule has 0 aliphatic rings. The minimum absolute atomic E-state index is 0.0522. The van der Waals surface area contributed by atoms with Gasteiger partial charge in [-0.1, -0.05) is 0 Å². The van der Waals surface area contributed by atoms with Crippen molar-refractivity contribution in [2.24, 2.45) is 0 Å². The van der Waals surface area contributed by atoms with Gasteiger partial charge in [0, 0.05) is 20.6 Å². The third kappa shape index (κ3) is 3.67. The quantitative estimate of drug-likeness (QED) is 0.860. The fourth-order valence-corrected chi connectivity index (χ4v) is 1.57. The number of aryl methyl sites for hydroxylation is 1. The summed E-state index contributed by atoms with van der Waals surface area (Å²) in [7, 11) is 3.32. The number of aromatic nitrogens is 1. The molecule has 0 unspecified atom stereocenters. The average Bonchev–Trinajstić information content (AvgIpc) is 2.37. The summed E-state index contributed by atoms with van der Waals surface area (Å²) >= 11 is 0. The molecule has 19 heavy (non-hydrogen) atoms. The minimum Gasteiger partial charge on any atom is -0.397 e. The second-order valence-electron chi connectivity index (χ2n) is 4.51. The monoisotopic (exact) mass is 264 g/mol. The lowest BCUT2D eigenvalue weighted by Crippen LogP contribution is -2.40. The van der Waals surface area contributed by atoms with Crippen LogP contribution in [0, 0.1) is 6.92 Å². The van der Waals surface area contributed by atoms with E-state index in [0.717, 1.165) is 0 Å². The smallest absolute Gasteiger partial charge is 0.256 e. The van der Waals surface area contributed by atoms with Crippen molar-refractivity contribution in [3.8, 4) is 0 Å². The van der Waals surface area contributed by atoms with Gasteiger partial charge in [0.25, 0.3) is 5.91 Å². The van der Waals surface area contributed by atoms with E-state index in [0.29, 0.717) is 23.5 Å². The zero-order valence-electron chi connectivity index (χ0n) is 11.8. The fourth-order valence-electron chi connectivity index (χ4n) is 1.57. The maximum absolute atomic E-state index is 12.4. The molecule has 0 fully saturated rings. The van der Waals surface area contributed by atoms with E-state index < -0.39 is 0 Å². The predicted octanol–water partition coefficient (Wildman–Crippen LogP) is 0.523. The van der Waals surface area contributed by atoms with Gasteiger partial charge in [-0.2, -0.15) is 0 Å². The SMILES string of the molecule is CCN(CC(=O)N(C)C)C(=O)c1cc(N)cnc1C. The molecule has 0 atom stereocenters. The van der Waals surface area contributed by atoms with Crippen molar-refractivity contribution in [3.05, 3.63) is 23.5 Å². The molecule has 1 rings (SSSR count). The molecular formula is C13H20N4O2. The number of hydrogen-bond donors (Lipinski definition) is 1. The van der Waals surface area contributed by atoms with Gasteiger partial charge in [0.05, 0.1) is 29.7 Å². The number of carbonyl (C=O) groups is 2. The third-order valence-electron chi connectivity index (χ3n) is 2.83. The molecule has 1 heterocycles. The van der Waals surface area contributed by atoms with Crippen LogP contribution >= 0.6 is 0 Å². The van der Waals surface area contributed by atoms with E-state index in [1.807, 2.05) is 6.92 Å². The maximum Gasteiger partial charge on any atom is 0.256 e. The summed E-state index contributed by atoms with van der Waals surface area (Å²) in [6.45, 7) is 4.08. The Bertz CT molecular complexity index is 486. The van der Waals surface area contributed by atoms with Gasteiger partial charge in [-0.05, 0) is 19.9 Å². The van der Waals surface area contributed by atoms with Crippen LogP contribution in [-0.4, -0.2) is 53.8 Å². The van der Waals surface area contributed by atoms with Gasteiger partial charge in [0.15, 0.2) is 0 Å². The van der Waals surface area contributed by atoms with Gasteiger partial charge in [-0.15, -0.1) is 0 Å². The number of hydrogen-bond acceptors (Lipinski definition) is 4. The van der Waals surface area contributed by atoms with Crippen LogP contribution in [0.3, 0.4) is 0 Å². The highest BCUT2D eigenvalue weighted by Gasteiger charge is 2.20. The molecule has 0 aliphatic heterocycles. The molecule has 0 spiro atoms. The van der Waals surface area contributed by atoms with Crippen LogP contribution in [0.15, 0.2) is 12.3 Å². The molecule has 1 aromatic heterocycles. The molecule has 0 aliphatic carbocycles. The normalized spacial score (nSPS) is 10.1. The van der Waals surface area contributed by atoms with Crippen molar-refractivity contribution >= 4 is 17.5 Å². The van der Waals surface area contributed by atoms with E-state index in [1.54, 1.807) is 27.1 Å². The van der Waals surface area contributed by atoms with E-state index >= 15 is 0 Å². The zero-order chi connectivity index (χ0) is 14.6. The second kappa shape index (κ2) is 6.17. The van der Waals surface area contributed by atoms with Gasteiger partial charge in [0.2, 0.25) is 5.91 Å². The van der Waals surface area contributed by atoms with Crippen LogP contribution in [-0.2, 0) is 4.79 Å². The second-order valence-corrected chi connectivity index (χ2v) is 4.51. The number of carbonyl (C=O) groups excluding carboxylic acids is 2. The predicted molar refractivity (Wildman–Crippen MR) is 73.7 cm³/mol. The van der Waals surface area contributed by atoms with E-state index in [-0.39, 0.29) is 18.4 Å². The Morgan fingerprint density at radius 2 is 2.00 bits per heavy atom. The van der Waals surface area contributed by atoms with Crippen molar-refractivity contribution in [1.29, 1.82) is 0 Å². The highest BCUT2D eigenvalue weighted by molar-refractivity contribution is 5.97. The standard InChI is InChI=1S/C13H20N4O2/c1-5-17(8-12(18)16(3)4)13(19)11-6-10(14)7-15-9(11)2/h6-7H,5,8,14H2,1-4H3. The molecule has 2 N–H and O–H groups in total. The Balaban J connectivity index is 2.95. The van der Waals surface area contributed by atoms with Gasteiger partial charge in [-0.3, -0.25) is 14.6 Å². The lowest BCUT2D eigenvalue weighted by Gasteiger charge is -2.23. The Morgan fingerprint density at radius 3 is 2.53 bits per heavy atom. The first kappa shape index (κ1) is 14.9. The average molecular weight is 264 g/mol. The number of anilines is 1. The summed E-state index contributed by atoms with van der Waals surface area (Å²) in [4.78, 5) is 31.1. The molecule has 0 bridgehead atoms. The van der Waals surface area contributed by atoms with Crippen LogP contribution in [0.5, 0.6) is 0 Å². The van der Waals surface area contributed by atoms with Crippen molar-refractivity contribution in [2.75, 3.05) is 32.9 Å². The molecule has 6 nitrogen and oxygen atoms in total. The summed E-state index contributed by atoms with van der Waals surface area (Å²) in [6.07, 6.45) is 1.51. The first-order valence-corrected chi connectivity index (χ1v) is 6.08. The number of amides is 2. The summed E-state index contributed by atoms with van der Waals surface area (Å²) in [5.41, 5.74) is 7.13. The molecule has 0 aromatic carbocycles. The summed E-state index contributed by atoms with van der Waals surface area (Å²) in [5, 5.41) is 0. The largest absolute Gasteiger partial charge is 0.397 e. The van der Waals surface area contributed by atoms with E-state index in [9.17, 15) is 9.59 Å². The maximum atomic E-state index is 12.4. The molecule has 0 radical (unpaired) electrons. The van der Waals surface area contributed by atoms with Gasteiger partial charge < -0.3 is 15.5 Å². The summed E-state index contributed by atoms with van der Waals surface area (Å²) in [6, 6.07) is 1.59. The highest BCUT2D eigenvalue weighted by Crippen LogP contribution is 2.12. The molecule has 2 amide bonds. The number of nitrogens with zero attached hydrogens (tertiary/aromatic N) is 3. The molecule has 6 heteroatoms. The number of pyridine rings is 1. The first-order valence-electron chi connectivity index (χ1n) is 6.08. The number of nitrogen functional groups attached to an aromatic ring is 1. The van der Waals surface area contributed by atoms with Crippen LogP contribution in [0.2, 0.25) is 0 Å². The molecular weight excluding hydrogens is 244 g/mol. The summed E-state index contributed by atoms with van der Waals surface area (Å²) < 4.78 is 0. The van der Waals surface area contributed by atoms with Gasteiger partial charge >= 0.3 is 0 Å². The van der Waals surface area contributed by atoms with Crippen molar-refractivity contribution in [3.63, 3.8) is 0 Å². The lowest BCUT2D eigenvalue weighted by atomic mass is 10.1. The Kier molecular flexibility index (Phi) is 4.86. The fraction of sp³-hybridized carbons (Fsp3) is 0.462. The van der Waals surface area contributed by atoms with Crippen molar-refractivity contribution in [1.82, 2.24) is 14.8 Å². The highest BCUT2D eigenvalue weighted by atomic mass is 16.2. The summed E-state index contributed by atoms with van der Waals surface area (Å²) in [5.74, 6) is -0.347. The topological polar surface area (TPSA) is 79.5 Å². The lowest BCUT2D eigenvalue weighted by molar-refractivity contribution is -0.129. The number of rotatable bonds is 4. The van der Waals surface area contributed by atoms with Crippen LogP contribution in [0.4, 0.5) is 5.69 Å². The molecule has 1 aromatic rings. The van der Waals surface area contributed by atoms with Gasteiger partial charge in [-0.25, -0.2) is 0 Å². The molecule has 0 saturated heterocycles. The van der Waals surface area contributed by atoms with Crippen molar-refractivity contribution in [2.45, 2.75) is 13.8 Å². The Hall–Kier alpha value is -2.11. The van der Waals surface area contributed by atoms with Crippen LogP contribution < -0.4 is 5.73 Å².